The number of hydrogen-bond donors (Lipinski definition) is 1. The number of ether oxygens (including phenoxy) is 1. The van der Waals surface area contributed by atoms with E-state index in [9.17, 15) is 5.11 Å². The number of rotatable bonds is 3. The summed E-state index contributed by atoms with van der Waals surface area (Å²) in [4.78, 5) is 0. The summed E-state index contributed by atoms with van der Waals surface area (Å²) in [5, 5.41) is 10.7. The SMILES string of the molecule is COC(O)(c1ccc(C)cc1)c1ccc(C)cc1. The third kappa shape index (κ3) is 2.30. The standard InChI is InChI=1S/C16H18O2/c1-12-4-8-14(9-5-12)16(17,18-3)15-10-6-13(2)7-11-15/h4-11,17H,1-3H3. The molecule has 0 unspecified atom stereocenters. The summed E-state index contributed by atoms with van der Waals surface area (Å²) >= 11 is 0. The monoisotopic (exact) mass is 242 g/mol. The molecule has 0 aliphatic carbocycles. The van der Waals surface area contributed by atoms with Crippen molar-refractivity contribution in [3.63, 3.8) is 0 Å². The lowest BCUT2D eigenvalue weighted by Crippen LogP contribution is -2.29. The van der Waals surface area contributed by atoms with Gasteiger partial charge in [-0.2, -0.15) is 0 Å². The molecule has 0 spiro atoms. The largest absolute Gasteiger partial charge is 0.358 e. The predicted molar refractivity (Wildman–Crippen MR) is 72.4 cm³/mol. The molecule has 18 heavy (non-hydrogen) atoms. The third-order valence-corrected chi connectivity index (χ3v) is 3.18. The summed E-state index contributed by atoms with van der Waals surface area (Å²) in [6, 6.07) is 15.4. The van der Waals surface area contributed by atoms with Crippen LogP contribution in [-0.4, -0.2) is 12.2 Å². The van der Waals surface area contributed by atoms with E-state index in [1.54, 1.807) is 0 Å². The van der Waals surface area contributed by atoms with Gasteiger partial charge in [-0.15, -0.1) is 0 Å². The Morgan fingerprint density at radius 2 is 1.11 bits per heavy atom. The molecule has 0 bridgehead atoms. The maximum atomic E-state index is 10.7. The van der Waals surface area contributed by atoms with E-state index in [2.05, 4.69) is 0 Å². The van der Waals surface area contributed by atoms with Crippen molar-refractivity contribution >= 4 is 0 Å². The van der Waals surface area contributed by atoms with Gasteiger partial charge in [0.15, 0.2) is 0 Å². The summed E-state index contributed by atoms with van der Waals surface area (Å²) in [5.74, 6) is -1.39. The highest BCUT2D eigenvalue weighted by Gasteiger charge is 2.31. The van der Waals surface area contributed by atoms with Crippen molar-refractivity contribution < 1.29 is 9.84 Å². The van der Waals surface area contributed by atoms with Crippen LogP contribution in [0, 0.1) is 13.8 Å². The zero-order chi connectivity index (χ0) is 13.2. The molecule has 0 amide bonds. The van der Waals surface area contributed by atoms with Crippen molar-refractivity contribution in [2.24, 2.45) is 0 Å². The highest BCUT2D eigenvalue weighted by molar-refractivity contribution is 5.35. The van der Waals surface area contributed by atoms with Crippen LogP contribution in [0.3, 0.4) is 0 Å². The van der Waals surface area contributed by atoms with Crippen molar-refractivity contribution in [1.29, 1.82) is 0 Å². The van der Waals surface area contributed by atoms with Crippen LogP contribution < -0.4 is 0 Å². The van der Waals surface area contributed by atoms with Gasteiger partial charge >= 0.3 is 0 Å². The minimum Gasteiger partial charge on any atom is -0.358 e. The average Bonchev–Trinajstić information content (AvgIpc) is 2.39. The van der Waals surface area contributed by atoms with Gasteiger partial charge in [-0.1, -0.05) is 59.7 Å². The van der Waals surface area contributed by atoms with Crippen LogP contribution in [0.25, 0.3) is 0 Å². The van der Waals surface area contributed by atoms with Crippen LogP contribution in [-0.2, 0) is 10.5 Å². The highest BCUT2D eigenvalue weighted by atomic mass is 16.6. The van der Waals surface area contributed by atoms with E-state index in [0.29, 0.717) is 0 Å². The molecule has 0 heterocycles. The van der Waals surface area contributed by atoms with Crippen molar-refractivity contribution in [3.05, 3.63) is 70.8 Å². The highest BCUT2D eigenvalue weighted by Crippen LogP contribution is 2.30. The lowest BCUT2D eigenvalue weighted by atomic mass is 9.96. The molecular weight excluding hydrogens is 224 g/mol. The van der Waals surface area contributed by atoms with E-state index in [1.165, 1.54) is 7.11 Å². The number of hydrogen-bond acceptors (Lipinski definition) is 2. The first-order valence-electron chi connectivity index (χ1n) is 5.98. The fraction of sp³-hybridized carbons (Fsp3) is 0.250. The molecule has 0 saturated heterocycles. The first-order chi connectivity index (χ1) is 8.56. The molecule has 0 aliphatic rings. The molecule has 2 heteroatoms. The summed E-state index contributed by atoms with van der Waals surface area (Å²) in [7, 11) is 1.51. The van der Waals surface area contributed by atoms with Gasteiger partial charge in [0.1, 0.15) is 0 Å². The smallest absolute Gasteiger partial charge is 0.219 e. The van der Waals surface area contributed by atoms with Crippen LogP contribution in [0.1, 0.15) is 22.3 Å². The van der Waals surface area contributed by atoms with Crippen LogP contribution in [0.2, 0.25) is 0 Å². The first-order valence-corrected chi connectivity index (χ1v) is 5.98. The second kappa shape index (κ2) is 4.92. The Hall–Kier alpha value is -1.64. The summed E-state index contributed by atoms with van der Waals surface area (Å²) < 4.78 is 5.35. The topological polar surface area (TPSA) is 29.5 Å². The Morgan fingerprint density at radius 1 is 0.778 bits per heavy atom. The van der Waals surface area contributed by atoms with Gasteiger partial charge in [0.25, 0.3) is 0 Å². The Morgan fingerprint density at radius 3 is 1.39 bits per heavy atom. The Balaban J connectivity index is 2.47. The molecule has 94 valence electrons. The quantitative estimate of drug-likeness (QED) is 0.838. The van der Waals surface area contributed by atoms with E-state index < -0.39 is 5.79 Å². The van der Waals surface area contributed by atoms with E-state index in [0.717, 1.165) is 22.3 Å². The lowest BCUT2D eigenvalue weighted by molar-refractivity contribution is -0.159. The number of aliphatic hydroxyl groups is 1. The van der Waals surface area contributed by atoms with Gasteiger partial charge in [-0.3, -0.25) is 0 Å². The summed E-state index contributed by atoms with van der Waals surface area (Å²) in [6.45, 7) is 4.03. The molecule has 2 aromatic carbocycles. The van der Waals surface area contributed by atoms with Gasteiger partial charge in [0.05, 0.1) is 0 Å². The van der Waals surface area contributed by atoms with Gasteiger partial charge in [-0.25, -0.2) is 0 Å². The molecule has 0 radical (unpaired) electrons. The van der Waals surface area contributed by atoms with Crippen molar-refractivity contribution in [2.45, 2.75) is 19.6 Å². The Labute approximate surface area is 108 Å². The lowest BCUT2D eigenvalue weighted by Gasteiger charge is -2.27. The molecule has 0 fully saturated rings. The predicted octanol–water partition coefficient (Wildman–Crippen LogP) is 3.14. The molecule has 0 aliphatic heterocycles. The molecular formula is C16H18O2. The maximum absolute atomic E-state index is 10.7. The van der Waals surface area contributed by atoms with Crippen LogP contribution in [0.4, 0.5) is 0 Å². The minimum absolute atomic E-state index is 0.736. The zero-order valence-electron chi connectivity index (χ0n) is 11.0. The van der Waals surface area contributed by atoms with Crippen LogP contribution >= 0.6 is 0 Å². The number of methoxy groups -OCH3 is 1. The van der Waals surface area contributed by atoms with Gasteiger partial charge < -0.3 is 9.84 Å². The van der Waals surface area contributed by atoms with Gasteiger partial charge in [-0.05, 0) is 13.8 Å². The minimum atomic E-state index is -1.39. The molecule has 1 N–H and O–H groups in total. The van der Waals surface area contributed by atoms with Gasteiger partial charge in [0, 0.05) is 18.2 Å². The normalized spacial score (nSPS) is 11.6. The van der Waals surface area contributed by atoms with Crippen molar-refractivity contribution in [2.75, 3.05) is 7.11 Å². The van der Waals surface area contributed by atoms with Gasteiger partial charge in [0.2, 0.25) is 5.79 Å². The zero-order valence-corrected chi connectivity index (χ0v) is 11.0. The second-order valence-corrected chi connectivity index (χ2v) is 4.58. The number of aryl methyl sites for hydroxylation is 2. The molecule has 2 rings (SSSR count). The van der Waals surface area contributed by atoms with Crippen LogP contribution in [0.5, 0.6) is 0 Å². The Kier molecular flexibility index (Phi) is 3.50. The van der Waals surface area contributed by atoms with E-state index in [4.69, 9.17) is 4.74 Å². The average molecular weight is 242 g/mol. The summed E-state index contributed by atoms with van der Waals surface area (Å²) in [6.07, 6.45) is 0. The molecule has 0 atom stereocenters. The van der Waals surface area contributed by atoms with E-state index in [-0.39, 0.29) is 0 Å². The molecule has 2 aromatic rings. The number of benzene rings is 2. The van der Waals surface area contributed by atoms with E-state index in [1.807, 2.05) is 62.4 Å². The molecule has 0 saturated carbocycles. The first kappa shape index (κ1) is 12.8. The molecule has 2 nitrogen and oxygen atoms in total. The fourth-order valence-corrected chi connectivity index (χ4v) is 1.96. The third-order valence-electron chi connectivity index (χ3n) is 3.18. The van der Waals surface area contributed by atoms with Crippen LogP contribution in [0.15, 0.2) is 48.5 Å². The molecule has 0 aromatic heterocycles. The van der Waals surface area contributed by atoms with Crippen molar-refractivity contribution in [3.8, 4) is 0 Å². The van der Waals surface area contributed by atoms with E-state index >= 15 is 0 Å². The Bertz CT molecular complexity index is 466. The summed E-state index contributed by atoms with van der Waals surface area (Å²) in [5.41, 5.74) is 3.78. The van der Waals surface area contributed by atoms with Crippen molar-refractivity contribution in [1.82, 2.24) is 0 Å². The fourth-order valence-electron chi connectivity index (χ4n) is 1.96. The second-order valence-electron chi connectivity index (χ2n) is 4.58. The maximum Gasteiger partial charge on any atom is 0.219 e.